The molecule has 10 heteroatoms. The van der Waals surface area contributed by atoms with E-state index in [1.54, 1.807) is 30.4 Å². The van der Waals surface area contributed by atoms with Crippen LogP contribution < -0.4 is 10.6 Å². The second-order valence-corrected chi connectivity index (χ2v) is 7.98. The number of imide groups is 2. The predicted octanol–water partition coefficient (Wildman–Crippen LogP) is 1.65. The Morgan fingerprint density at radius 1 is 1.13 bits per heavy atom. The van der Waals surface area contributed by atoms with Gasteiger partial charge in [0.1, 0.15) is 6.04 Å². The summed E-state index contributed by atoms with van der Waals surface area (Å²) >= 11 is 1.56. The maximum Gasteiger partial charge on any atom is 0.329 e. The molecule has 162 valence electrons. The van der Waals surface area contributed by atoms with Crippen molar-refractivity contribution in [2.24, 2.45) is 0 Å². The van der Waals surface area contributed by atoms with Crippen LogP contribution in [-0.2, 0) is 20.7 Å². The maximum atomic E-state index is 12.5. The van der Waals surface area contributed by atoms with Gasteiger partial charge >= 0.3 is 12.0 Å². The summed E-state index contributed by atoms with van der Waals surface area (Å²) in [6.07, 6.45) is 0.631. The Hall–Kier alpha value is -3.53. The minimum Gasteiger partial charge on any atom is -0.454 e. The average molecular weight is 443 g/mol. The van der Waals surface area contributed by atoms with Crippen molar-refractivity contribution in [3.63, 3.8) is 0 Å². The van der Waals surface area contributed by atoms with Crippen LogP contribution in [0.25, 0.3) is 0 Å². The molecule has 2 heterocycles. The average Bonchev–Trinajstić information content (AvgIpc) is 3.32. The van der Waals surface area contributed by atoms with Crippen LogP contribution >= 0.6 is 11.3 Å². The molecular weight excluding hydrogens is 422 g/mol. The Bertz CT molecular complexity index is 1030. The fourth-order valence-corrected chi connectivity index (χ4v) is 3.76. The lowest BCUT2D eigenvalue weighted by atomic mass is 10.1. The van der Waals surface area contributed by atoms with E-state index in [4.69, 9.17) is 4.74 Å². The van der Waals surface area contributed by atoms with Gasteiger partial charge in [-0.1, -0.05) is 17.7 Å². The second kappa shape index (κ2) is 9.52. The number of hydrogen-bond donors (Lipinski definition) is 2. The number of aryl methyl sites for hydroxylation is 1. The van der Waals surface area contributed by atoms with E-state index in [-0.39, 0.29) is 11.1 Å². The predicted molar refractivity (Wildman–Crippen MR) is 112 cm³/mol. The van der Waals surface area contributed by atoms with Crippen molar-refractivity contribution in [2.75, 3.05) is 13.2 Å². The highest BCUT2D eigenvalue weighted by atomic mass is 32.1. The molecule has 0 fully saturated rings. The number of urea groups is 1. The Kier molecular flexibility index (Phi) is 6.81. The molecule has 31 heavy (non-hydrogen) atoms. The third-order valence-electron chi connectivity index (χ3n) is 4.64. The number of rotatable bonds is 7. The van der Waals surface area contributed by atoms with Gasteiger partial charge in [-0.2, -0.15) is 0 Å². The van der Waals surface area contributed by atoms with E-state index in [0.717, 1.165) is 15.3 Å². The quantitative estimate of drug-likeness (QED) is 0.496. The van der Waals surface area contributed by atoms with Crippen molar-refractivity contribution in [1.29, 1.82) is 0 Å². The molecule has 0 bridgehead atoms. The van der Waals surface area contributed by atoms with Crippen molar-refractivity contribution in [3.8, 4) is 0 Å². The van der Waals surface area contributed by atoms with Crippen LogP contribution in [0.2, 0.25) is 0 Å². The van der Waals surface area contributed by atoms with Gasteiger partial charge in [0.15, 0.2) is 6.61 Å². The van der Waals surface area contributed by atoms with Gasteiger partial charge in [-0.05, 0) is 43.8 Å². The molecule has 3 rings (SSSR count). The largest absolute Gasteiger partial charge is 0.454 e. The third kappa shape index (κ3) is 5.15. The normalized spacial score (nSPS) is 13.5. The number of benzene rings is 1. The van der Waals surface area contributed by atoms with Crippen molar-refractivity contribution in [2.45, 2.75) is 26.3 Å². The molecule has 0 saturated carbocycles. The van der Waals surface area contributed by atoms with Gasteiger partial charge in [0, 0.05) is 11.4 Å². The molecule has 1 aromatic carbocycles. The number of nitrogens with one attached hydrogen (secondary N) is 2. The first-order valence-corrected chi connectivity index (χ1v) is 10.4. The Balaban J connectivity index is 1.45. The van der Waals surface area contributed by atoms with Crippen molar-refractivity contribution >= 4 is 41.1 Å². The highest BCUT2D eigenvalue weighted by molar-refractivity contribution is 7.09. The summed E-state index contributed by atoms with van der Waals surface area (Å²) in [5, 5.41) is 6.51. The van der Waals surface area contributed by atoms with Crippen LogP contribution in [0.4, 0.5) is 4.79 Å². The van der Waals surface area contributed by atoms with Crippen molar-refractivity contribution in [3.05, 3.63) is 57.3 Å². The zero-order chi connectivity index (χ0) is 22.5. The number of amides is 5. The summed E-state index contributed by atoms with van der Waals surface area (Å²) in [7, 11) is 0. The summed E-state index contributed by atoms with van der Waals surface area (Å²) in [5.74, 6) is -2.95. The summed E-state index contributed by atoms with van der Waals surface area (Å²) in [5.41, 5.74) is 1.25. The minimum atomic E-state index is -1.22. The molecule has 1 atom stereocenters. The zero-order valence-corrected chi connectivity index (χ0v) is 17.8. The Labute approximate surface area is 182 Å². The van der Waals surface area contributed by atoms with E-state index in [0.29, 0.717) is 13.0 Å². The van der Waals surface area contributed by atoms with Crippen LogP contribution in [0, 0.1) is 6.92 Å². The molecule has 0 radical (unpaired) electrons. The number of fused-ring (bicyclic) bond motifs is 1. The highest BCUT2D eigenvalue weighted by Gasteiger charge is 2.41. The highest BCUT2D eigenvalue weighted by Crippen LogP contribution is 2.26. The molecule has 0 spiro atoms. The fraction of sp³-hybridized carbons (Fsp3) is 0.286. The molecule has 0 saturated heterocycles. The summed E-state index contributed by atoms with van der Waals surface area (Å²) in [6.45, 7) is 2.75. The van der Waals surface area contributed by atoms with Gasteiger partial charge in [-0.3, -0.25) is 24.6 Å². The van der Waals surface area contributed by atoms with Crippen LogP contribution in [0.5, 0.6) is 0 Å². The van der Waals surface area contributed by atoms with Crippen LogP contribution in [0.3, 0.4) is 0 Å². The van der Waals surface area contributed by atoms with E-state index >= 15 is 0 Å². The molecule has 1 aromatic heterocycles. The molecule has 2 N–H and O–H groups in total. The van der Waals surface area contributed by atoms with Crippen molar-refractivity contribution < 1.29 is 28.7 Å². The van der Waals surface area contributed by atoms with Gasteiger partial charge < -0.3 is 10.1 Å². The minimum absolute atomic E-state index is 0.215. The summed E-state index contributed by atoms with van der Waals surface area (Å²) < 4.78 is 4.89. The first-order chi connectivity index (χ1) is 14.8. The number of ether oxygens (including phenoxy) is 1. The van der Waals surface area contributed by atoms with E-state index < -0.39 is 42.4 Å². The first kappa shape index (κ1) is 22.2. The Morgan fingerprint density at radius 2 is 1.87 bits per heavy atom. The second-order valence-electron chi connectivity index (χ2n) is 6.95. The SMILES string of the molecule is Cc1ccc2c(c1)C(=O)N(C(C)C(=O)OCC(=O)NC(=O)NCCc1cccs1)C2=O. The van der Waals surface area contributed by atoms with E-state index in [1.165, 1.54) is 13.0 Å². The molecular formula is C21H21N3O6S. The van der Waals surface area contributed by atoms with Gasteiger partial charge in [0.2, 0.25) is 0 Å². The van der Waals surface area contributed by atoms with E-state index in [9.17, 15) is 24.0 Å². The lowest BCUT2D eigenvalue weighted by Crippen LogP contribution is -2.45. The number of esters is 1. The van der Waals surface area contributed by atoms with E-state index in [2.05, 4.69) is 10.6 Å². The van der Waals surface area contributed by atoms with Crippen LogP contribution in [0.1, 0.15) is 38.1 Å². The third-order valence-corrected chi connectivity index (χ3v) is 5.57. The summed E-state index contributed by atoms with van der Waals surface area (Å²) in [4.78, 5) is 62.8. The van der Waals surface area contributed by atoms with Crippen molar-refractivity contribution in [1.82, 2.24) is 15.5 Å². The van der Waals surface area contributed by atoms with Crippen LogP contribution in [-0.4, -0.2) is 53.8 Å². The Morgan fingerprint density at radius 3 is 2.58 bits per heavy atom. The molecule has 9 nitrogen and oxygen atoms in total. The van der Waals surface area contributed by atoms with Crippen LogP contribution in [0.15, 0.2) is 35.7 Å². The number of thiophene rings is 1. The van der Waals surface area contributed by atoms with Gasteiger partial charge in [-0.15, -0.1) is 11.3 Å². The molecule has 0 aliphatic carbocycles. The smallest absolute Gasteiger partial charge is 0.329 e. The molecule has 1 aliphatic rings. The standard InChI is InChI=1S/C21H21N3O6S/c1-12-5-6-15-16(10-12)19(27)24(18(15)26)13(2)20(28)30-11-17(25)23-21(29)22-8-7-14-4-3-9-31-14/h3-6,9-10,13H,7-8,11H2,1-2H3,(H2,22,23,25,29). The number of hydrogen-bond acceptors (Lipinski definition) is 7. The first-order valence-electron chi connectivity index (χ1n) is 9.53. The zero-order valence-electron chi connectivity index (χ0n) is 17.0. The lowest BCUT2D eigenvalue weighted by Gasteiger charge is -2.20. The molecule has 1 unspecified atom stereocenters. The fourth-order valence-electron chi connectivity index (χ4n) is 3.05. The monoisotopic (exact) mass is 443 g/mol. The number of carbonyl (C=O) groups is 5. The number of nitrogens with zero attached hydrogens (tertiary/aromatic N) is 1. The van der Waals surface area contributed by atoms with Gasteiger partial charge in [0.25, 0.3) is 17.7 Å². The van der Waals surface area contributed by atoms with E-state index in [1.807, 2.05) is 17.5 Å². The maximum absolute atomic E-state index is 12.5. The topological polar surface area (TPSA) is 122 Å². The molecule has 5 amide bonds. The molecule has 1 aliphatic heterocycles. The van der Waals surface area contributed by atoms with Gasteiger partial charge in [-0.25, -0.2) is 9.59 Å². The molecule has 2 aromatic rings. The lowest BCUT2D eigenvalue weighted by molar-refractivity contribution is -0.151. The summed E-state index contributed by atoms with van der Waals surface area (Å²) in [6, 6.07) is 6.73. The van der Waals surface area contributed by atoms with Gasteiger partial charge in [0.05, 0.1) is 11.1 Å². The number of carbonyl (C=O) groups excluding carboxylic acids is 5.